The Morgan fingerprint density at radius 1 is 1.33 bits per heavy atom. The largest absolute Gasteiger partial charge is 0.493 e. The van der Waals surface area contributed by atoms with Crippen molar-refractivity contribution in [3.8, 4) is 11.5 Å². The summed E-state index contributed by atoms with van der Waals surface area (Å²) in [5.41, 5.74) is 2.06. The minimum atomic E-state index is 0.0185. The molecule has 2 rings (SSSR count). The molecule has 0 aliphatic heterocycles. The van der Waals surface area contributed by atoms with Crippen molar-refractivity contribution in [3.63, 3.8) is 0 Å². The van der Waals surface area contributed by atoms with Crippen LogP contribution in [0.4, 0.5) is 5.13 Å². The van der Waals surface area contributed by atoms with Gasteiger partial charge in [-0.15, -0.1) is 16.8 Å². The normalized spacial score (nSPS) is 10.4. The van der Waals surface area contributed by atoms with Crippen LogP contribution < -0.4 is 14.8 Å². The number of anilines is 1. The highest BCUT2D eigenvalue weighted by atomic mass is 32.2. The zero-order valence-electron chi connectivity index (χ0n) is 15.9. The van der Waals surface area contributed by atoms with Crippen LogP contribution in [0.1, 0.15) is 11.1 Å². The first-order chi connectivity index (χ1) is 13.0. The van der Waals surface area contributed by atoms with Gasteiger partial charge in [0, 0.05) is 20.1 Å². The summed E-state index contributed by atoms with van der Waals surface area (Å²) in [6.45, 7) is 6.76. The molecule has 0 bridgehead atoms. The number of carbonyl (C=O) groups excluding carboxylic acids is 1. The van der Waals surface area contributed by atoms with Crippen molar-refractivity contribution >= 4 is 34.1 Å². The highest BCUT2D eigenvalue weighted by Crippen LogP contribution is 2.31. The summed E-state index contributed by atoms with van der Waals surface area (Å²) in [5.74, 6) is 1.66. The van der Waals surface area contributed by atoms with E-state index in [9.17, 15) is 4.79 Å². The first-order valence-corrected chi connectivity index (χ1v) is 10.0. The van der Waals surface area contributed by atoms with E-state index in [0.717, 1.165) is 20.6 Å². The predicted octanol–water partition coefficient (Wildman–Crippen LogP) is 3.21. The zero-order valence-corrected chi connectivity index (χ0v) is 17.6. The standard InChI is InChI=1S/C18H24N4O3S2/c1-6-7-19-17-20-21-18(27-17)26-11-16(23)22(3)10-13-9-15(25-5)14(24-4)8-12(13)2/h6,8-9H,1,7,10-11H2,2-5H3,(H,19,20). The maximum Gasteiger partial charge on any atom is 0.233 e. The quantitative estimate of drug-likeness (QED) is 0.478. The second kappa shape index (κ2) is 10.2. The molecule has 1 aromatic heterocycles. The van der Waals surface area contributed by atoms with Crippen LogP contribution in [0.2, 0.25) is 0 Å². The smallest absolute Gasteiger partial charge is 0.233 e. The predicted molar refractivity (Wildman–Crippen MR) is 110 cm³/mol. The summed E-state index contributed by atoms with van der Waals surface area (Å²) in [4.78, 5) is 14.2. The number of nitrogens with one attached hydrogen (secondary N) is 1. The van der Waals surface area contributed by atoms with Gasteiger partial charge in [-0.3, -0.25) is 4.79 Å². The molecule has 0 unspecified atom stereocenters. The van der Waals surface area contributed by atoms with Crippen LogP contribution in [-0.2, 0) is 11.3 Å². The summed E-state index contributed by atoms with van der Waals surface area (Å²) < 4.78 is 11.4. The fourth-order valence-electron chi connectivity index (χ4n) is 2.27. The second-order valence-corrected chi connectivity index (χ2v) is 7.91. The Morgan fingerprint density at radius 2 is 2.04 bits per heavy atom. The summed E-state index contributed by atoms with van der Waals surface area (Å²) in [6.07, 6.45) is 1.75. The fraction of sp³-hybridized carbons (Fsp3) is 0.389. The maximum atomic E-state index is 12.5. The molecule has 1 amide bonds. The second-order valence-electron chi connectivity index (χ2n) is 5.71. The minimum absolute atomic E-state index is 0.0185. The van der Waals surface area contributed by atoms with E-state index in [2.05, 4.69) is 22.1 Å². The zero-order chi connectivity index (χ0) is 19.8. The lowest BCUT2D eigenvalue weighted by Gasteiger charge is -2.19. The van der Waals surface area contributed by atoms with Crippen molar-refractivity contribution in [1.29, 1.82) is 0 Å². The van der Waals surface area contributed by atoms with Gasteiger partial charge in [-0.1, -0.05) is 29.2 Å². The van der Waals surface area contributed by atoms with Gasteiger partial charge in [0.25, 0.3) is 0 Å². The molecule has 1 N–H and O–H groups in total. The van der Waals surface area contributed by atoms with E-state index >= 15 is 0 Å². The highest BCUT2D eigenvalue weighted by Gasteiger charge is 2.15. The molecule has 0 atom stereocenters. The molecule has 0 radical (unpaired) electrons. The van der Waals surface area contributed by atoms with Crippen molar-refractivity contribution in [2.24, 2.45) is 0 Å². The van der Waals surface area contributed by atoms with Crippen LogP contribution in [0.5, 0.6) is 11.5 Å². The molecule has 7 nitrogen and oxygen atoms in total. The number of amides is 1. The van der Waals surface area contributed by atoms with E-state index in [1.54, 1.807) is 32.2 Å². The van der Waals surface area contributed by atoms with Crippen molar-refractivity contribution < 1.29 is 14.3 Å². The van der Waals surface area contributed by atoms with Gasteiger partial charge in [0.15, 0.2) is 15.8 Å². The number of aromatic nitrogens is 2. The molecule has 0 fully saturated rings. The molecule has 0 spiro atoms. The molecule has 9 heteroatoms. The average Bonchev–Trinajstić information content (AvgIpc) is 3.13. The number of aryl methyl sites for hydroxylation is 1. The number of hydrogen-bond acceptors (Lipinski definition) is 8. The molecule has 146 valence electrons. The van der Waals surface area contributed by atoms with Crippen molar-refractivity contribution in [3.05, 3.63) is 35.9 Å². The van der Waals surface area contributed by atoms with Gasteiger partial charge in [0.2, 0.25) is 11.0 Å². The van der Waals surface area contributed by atoms with Crippen LogP contribution >= 0.6 is 23.1 Å². The molecule has 0 saturated carbocycles. The topological polar surface area (TPSA) is 76.6 Å². The Morgan fingerprint density at radius 3 is 2.70 bits per heavy atom. The molecule has 0 saturated heterocycles. The van der Waals surface area contributed by atoms with Crippen LogP contribution in [0, 0.1) is 6.92 Å². The molecule has 0 aliphatic carbocycles. The van der Waals surface area contributed by atoms with E-state index in [-0.39, 0.29) is 5.91 Å². The molecule has 1 heterocycles. The fourth-order valence-corrected chi connectivity index (χ4v) is 3.97. The number of methoxy groups -OCH3 is 2. The van der Waals surface area contributed by atoms with Gasteiger partial charge in [-0.2, -0.15) is 0 Å². The highest BCUT2D eigenvalue weighted by molar-refractivity contribution is 8.01. The lowest BCUT2D eigenvalue weighted by Crippen LogP contribution is -2.28. The van der Waals surface area contributed by atoms with E-state index in [1.807, 2.05) is 19.1 Å². The van der Waals surface area contributed by atoms with E-state index in [1.165, 1.54) is 23.1 Å². The van der Waals surface area contributed by atoms with E-state index in [4.69, 9.17) is 9.47 Å². The van der Waals surface area contributed by atoms with Gasteiger partial charge in [-0.25, -0.2) is 0 Å². The average molecular weight is 409 g/mol. The Hall–Kier alpha value is -2.26. The molecule has 2 aromatic rings. The summed E-state index contributed by atoms with van der Waals surface area (Å²) in [6, 6.07) is 3.83. The van der Waals surface area contributed by atoms with Gasteiger partial charge < -0.3 is 19.7 Å². The third-order valence-corrected chi connectivity index (χ3v) is 5.80. The number of ether oxygens (including phenoxy) is 2. The van der Waals surface area contributed by atoms with Crippen molar-refractivity contribution in [2.75, 3.05) is 38.9 Å². The molecular weight excluding hydrogens is 384 g/mol. The molecule has 27 heavy (non-hydrogen) atoms. The maximum absolute atomic E-state index is 12.5. The number of hydrogen-bond donors (Lipinski definition) is 1. The van der Waals surface area contributed by atoms with Crippen LogP contribution in [0.3, 0.4) is 0 Å². The van der Waals surface area contributed by atoms with Crippen LogP contribution in [0.25, 0.3) is 0 Å². The summed E-state index contributed by atoms with van der Waals surface area (Å²) in [7, 11) is 4.99. The van der Waals surface area contributed by atoms with Crippen LogP contribution in [0.15, 0.2) is 29.1 Å². The Balaban J connectivity index is 1.93. The molecule has 1 aromatic carbocycles. The number of nitrogens with zero attached hydrogens (tertiary/aromatic N) is 3. The Kier molecular flexibility index (Phi) is 7.93. The Labute approximate surface area is 167 Å². The first kappa shape index (κ1) is 21.0. The SMILES string of the molecule is C=CCNc1nnc(SCC(=O)N(C)Cc2cc(OC)c(OC)cc2C)s1. The number of benzene rings is 1. The summed E-state index contributed by atoms with van der Waals surface area (Å²) >= 11 is 2.81. The molecule has 0 aliphatic rings. The van der Waals surface area contributed by atoms with E-state index < -0.39 is 0 Å². The van der Waals surface area contributed by atoms with Crippen molar-refractivity contribution in [1.82, 2.24) is 15.1 Å². The first-order valence-electron chi connectivity index (χ1n) is 8.25. The summed E-state index contributed by atoms with van der Waals surface area (Å²) in [5, 5.41) is 11.9. The van der Waals surface area contributed by atoms with Gasteiger partial charge >= 0.3 is 0 Å². The number of carbonyl (C=O) groups is 1. The van der Waals surface area contributed by atoms with Crippen LogP contribution in [-0.4, -0.2) is 54.6 Å². The monoisotopic (exact) mass is 408 g/mol. The van der Waals surface area contributed by atoms with Gasteiger partial charge in [0.1, 0.15) is 0 Å². The van der Waals surface area contributed by atoms with Gasteiger partial charge in [0.05, 0.1) is 20.0 Å². The number of rotatable bonds is 10. The third kappa shape index (κ3) is 5.86. The van der Waals surface area contributed by atoms with Gasteiger partial charge in [-0.05, 0) is 30.2 Å². The van der Waals surface area contributed by atoms with E-state index in [0.29, 0.717) is 30.3 Å². The number of thioether (sulfide) groups is 1. The third-order valence-electron chi connectivity index (χ3n) is 3.80. The minimum Gasteiger partial charge on any atom is -0.493 e. The molecular formula is C18H24N4O3S2. The van der Waals surface area contributed by atoms with Crippen molar-refractivity contribution in [2.45, 2.75) is 17.8 Å². The lowest BCUT2D eigenvalue weighted by molar-refractivity contribution is -0.127. The Bertz CT molecular complexity index is 795. The lowest BCUT2D eigenvalue weighted by atomic mass is 10.1.